The van der Waals surface area contributed by atoms with Crippen LogP contribution in [0.1, 0.15) is 252 Å². The number of aliphatic hydroxyl groups excluding tert-OH is 2. The second kappa shape index (κ2) is 70.8. The molecule has 0 aromatic carbocycles. The first-order valence-corrected chi connectivity index (χ1v) is 39.4. The highest BCUT2D eigenvalue weighted by Gasteiger charge is 2.29. The van der Waals surface area contributed by atoms with Gasteiger partial charge in [-0.25, -0.2) is 9.13 Å². The lowest BCUT2D eigenvalue weighted by molar-refractivity contribution is -0.161. The van der Waals surface area contributed by atoms with E-state index in [0.717, 1.165) is 173 Å². The van der Waals surface area contributed by atoms with Crippen molar-refractivity contribution in [1.82, 2.24) is 0 Å². The molecule has 0 bridgehead atoms. The summed E-state index contributed by atoms with van der Waals surface area (Å²) in [7, 11) is -9.81. The van der Waals surface area contributed by atoms with Gasteiger partial charge in [0, 0.05) is 19.3 Å². The van der Waals surface area contributed by atoms with Crippen molar-refractivity contribution in [2.75, 3.05) is 39.6 Å². The Kier molecular flexibility index (Phi) is 67.0. The number of rotatable bonds is 67. The molecular weight excluding hydrogens is 1270 g/mol. The van der Waals surface area contributed by atoms with Crippen LogP contribution in [0.2, 0.25) is 0 Å². The van der Waals surface area contributed by atoms with Crippen LogP contribution >= 0.6 is 15.6 Å². The molecular formula is C79H128O16P2. The van der Waals surface area contributed by atoms with E-state index in [2.05, 4.69) is 191 Å². The molecule has 0 aliphatic heterocycles. The van der Waals surface area contributed by atoms with Crippen LogP contribution in [0.25, 0.3) is 0 Å². The van der Waals surface area contributed by atoms with E-state index in [0.29, 0.717) is 19.3 Å². The maximum atomic E-state index is 12.9. The van der Waals surface area contributed by atoms with E-state index in [-0.39, 0.29) is 19.3 Å². The van der Waals surface area contributed by atoms with Gasteiger partial charge in [0.15, 0.2) is 6.10 Å². The molecule has 16 nitrogen and oxygen atoms in total. The summed E-state index contributed by atoms with van der Waals surface area (Å²) in [6.07, 6.45) is 88.3. The Morgan fingerprint density at radius 1 is 0.289 bits per heavy atom. The van der Waals surface area contributed by atoms with E-state index < -0.39 is 91.5 Å². The van der Waals surface area contributed by atoms with Gasteiger partial charge in [-0.15, -0.1) is 0 Å². The summed E-state index contributed by atoms with van der Waals surface area (Å²) < 4.78 is 60.9. The fourth-order valence-electron chi connectivity index (χ4n) is 8.97. The maximum Gasteiger partial charge on any atom is 0.472 e. The number of aliphatic hydroxyl groups is 2. The predicted octanol–water partition coefficient (Wildman–Crippen LogP) is 20.9. The van der Waals surface area contributed by atoms with Crippen molar-refractivity contribution < 1.29 is 75.8 Å². The number of esters is 3. The number of allylic oxidation sites excluding steroid dienone is 28. The lowest BCUT2D eigenvalue weighted by Crippen LogP contribution is -2.30. The predicted molar refractivity (Wildman–Crippen MR) is 398 cm³/mol. The number of carbonyl (C=O) groups excluding carboxylic acids is 3. The fraction of sp³-hybridized carbons (Fsp3) is 0.608. The summed E-state index contributed by atoms with van der Waals surface area (Å²) >= 11 is 0. The Morgan fingerprint density at radius 3 is 0.825 bits per heavy atom. The largest absolute Gasteiger partial charge is 0.472 e. The number of unbranched alkanes of at least 4 members (excludes halogenated alkanes) is 16. The van der Waals surface area contributed by atoms with Gasteiger partial charge in [-0.3, -0.25) is 32.5 Å². The molecule has 0 aliphatic rings. The van der Waals surface area contributed by atoms with Crippen LogP contribution in [0.3, 0.4) is 0 Å². The Labute approximate surface area is 586 Å². The van der Waals surface area contributed by atoms with E-state index in [1.54, 1.807) is 0 Å². The summed E-state index contributed by atoms with van der Waals surface area (Å²) in [4.78, 5) is 58.5. The molecule has 550 valence electrons. The molecule has 0 aliphatic carbocycles. The minimum Gasteiger partial charge on any atom is -0.463 e. The standard InChI is InChI=1S/C79H128O16P2/c1-4-7-10-13-16-19-22-25-28-30-32-33-34-35-36-37-38-39-41-43-45-47-50-53-56-59-62-65-77(82)89-68-74(80)69-91-96(85,86)92-70-75(81)71-93-97(87,88)94-73-76(95-79(84)67-64-61-58-55-52-49-44-27-24-21-18-15-12-9-6-3)72-90-78(83)66-63-60-57-54-51-48-46-42-40-31-29-26-23-20-17-14-11-8-5-2/h7-12,16-21,25-29,32-33,35-36,38-40,42,44,48,51,74-76,80-81H,4-6,13-15,22-24,30-31,34,37,41,43,45-47,49-50,52-73H2,1-3H3,(H,85,86)(H,87,88)/b10-7-,11-8-,12-9-,19-16-,20-17-,21-18-,28-25-,29-26-,33-32-,36-35-,39-38-,42-40-,44-27-,51-48-. The van der Waals surface area contributed by atoms with Gasteiger partial charge >= 0.3 is 33.6 Å². The minimum atomic E-state index is -4.95. The highest BCUT2D eigenvalue weighted by molar-refractivity contribution is 7.47. The molecule has 97 heavy (non-hydrogen) atoms. The number of phosphoric acid groups is 2. The number of ether oxygens (including phenoxy) is 3. The van der Waals surface area contributed by atoms with Gasteiger partial charge in [0.05, 0.1) is 26.4 Å². The van der Waals surface area contributed by atoms with Crippen molar-refractivity contribution in [3.63, 3.8) is 0 Å². The van der Waals surface area contributed by atoms with Gasteiger partial charge in [0.2, 0.25) is 0 Å². The van der Waals surface area contributed by atoms with Crippen LogP contribution < -0.4 is 0 Å². The van der Waals surface area contributed by atoms with E-state index >= 15 is 0 Å². The second-order valence-corrected chi connectivity index (χ2v) is 26.5. The van der Waals surface area contributed by atoms with Crippen molar-refractivity contribution in [2.24, 2.45) is 0 Å². The number of phosphoric ester groups is 2. The quantitative estimate of drug-likeness (QED) is 0.0146. The molecule has 0 aromatic rings. The third-order valence-electron chi connectivity index (χ3n) is 14.4. The second-order valence-electron chi connectivity index (χ2n) is 23.6. The maximum absolute atomic E-state index is 12.9. The average molecular weight is 1400 g/mol. The van der Waals surface area contributed by atoms with Crippen molar-refractivity contribution >= 4 is 33.6 Å². The third kappa shape index (κ3) is 72.0. The molecule has 5 atom stereocenters. The number of carbonyl (C=O) groups is 3. The first-order valence-electron chi connectivity index (χ1n) is 36.4. The van der Waals surface area contributed by atoms with E-state index in [1.165, 1.54) is 19.3 Å². The zero-order chi connectivity index (χ0) is 70.9. The first-order chi connectivity index (χ1) is 47.2. The zero-order valence-corrected chi connectivity index (χ0v) is 61.5. The SMILES string of the molecule is CC/C=C\C/C=C\C/C=C\C/C=C\C/C=C\C/C=C\CCCCCCCCCCC(=O)OCC(O)COP(=O)(O)OCC(O)COP(=O)(O)OCC(COC(=O)CCCCC/C=C\C/C=C\C/C=C\C/C=C\C/C=C\CC)OC(=O)CCCCCCC/C=C\C/C=C\C/C=C\CC. The molecule has 0 heterocycles. The van der Waals surface area contributed by atoms with Gasteiger partial charge in [0.1, 0.15) is 25.4 Å². The Bertz CT molecular complexity index is 2440. The van der Waals surface area contributed by atoms with Gasteiger partial charge in [-0.1, -0.05) is 255 Å². The van der Waals surface area contributed by atoms with Gasteiger partial charge in [-0.05, 0) is 148 Å². The Hall–Kier alpha value is -5.09. The summed E-state index contributed by atoms with van der Waals surface area (Å²) in [6, 6.07) is 0. The third-order valence-corrected chi connectivity index (χ3v) is 16.3. The topological polar surface area (TPSA) is 231 Å². The minimum absolute atomic E-state index is 0.0711. The van der Waals surface area contributed by atoms with E-state index in [9.17, 15) is 43.5 Å². The van der Waals surface area contributed by atoms with Crippen molar-refractivity contribution in [3.8, 4) is 0 Å². The van der Waals surface area contributed by atoms with Crippen LogP contribution in [0.4, 0.5) is 0 Å². The summed E-state index contributed by atoms with van der Waals surface area (Å²) in [6.45, 7) is 2.23. The highest BCUT2D eigenvalue weighted by Crippen LogP contribution is 2.45. The molecule has 0 fully saturated rings. The molecule has 5 unspecified atom stereocenters. The lowest BCUT2D eigenvalue weighted by Gasteiger charge is -2.21. The molecule has 0 spiro atoms. The van der Waals surface area contributed by atoms with E-state index in [4.69, 9.17) is 32.3 Å². The average Bonchev–Trinajstić information content (AvgIpc) is 1.86. The molecule has 18 heteroatoms. The van der Waals surface area contributed by atoms with Gasteiger partial charge < -0.3 is 34.2 Å². The molecule has 4 N–H and O–H groups in total. The van der Waals surface area contributed by atoms with Gasteiger partial charge in [0.25, 0.3) is 0 Å². The first kappa shape index (κ1) is 91.9. The van der Waals surface area contributed by atoms with Crippen LogP contribution in [-0.2, 0) is 55.8 Å². The summed E-state index contributed by atoms with van der Waals surface area (Å²) in [5.41, 5.74) is 0. The fourth-order valence-corrected chi connectivity index (χ4v) is 10.6. The van der Waals surface area contributed by atoms with Crippen molar-refractivity contribution in [1.29, 1.82) is 0 Å². The normalized spacial score (nSPS) is 15.1. The number of hydrogen-bond donors (Lipinski definition) is 4. The Balaban J connectivity index is 4.63. The molecule has 0 saturated carbocycles. The van der Waals surface area contributed by atoms with Crippen molar-refractivity contribution in [3.05, 3.63) is 170 Å². The van der Waals surface area contributed by atoms with E-state index in [1.807, 2.05) is 0 Å². The summed E-state index contributed by atoms with van der Waals surface area (Å²) in [5.74, 6) is -1.65. The number of hydrogen-bond acceptors (Lipinski definition) is 14. The van der Waals surface area contributed by atoms with Crippen LogP contribution in [0.15, 0.2) is 170 Å². The van der Waals surface area contributed by atoms with Crippen LogP contribution in [0.5, 0.6) is 0 Å². The molecule has 0 aromatic heterocycles. The zero-order valence-electron chi connectivity index (χ0n) is 59.7. The molecule has 0 rings (SSSR count). The smallest absolute Gasteiger partial charge is 0.463 e. The van der Waals surface area contributed by atoms with Crippen LogP contribution in [-0.4, -0.2) is 95.9 Å². The molecule has 0 saturated heterocycles. The van der Waals surface area contributed by atoms with Crippen molar-refractivity contribution in [2.45, 2.75) is 270 Å². The summed E-state index contributed by atoms with van der Waals surface area (Å²) in [5, 5.41) is 20.6. The van der Waals surface area contributed by atoms with Gasteiger partial charge in [-0.2, -0.15) is 0 Å². The molecule has 0 amide bonds. The monoisotopic (exact) mass is 1390 g/mol. The lowest BCUT2D eigenvalue weighted by atomic mass is 10.1. The van der Waals surface area contributed by atoms with Crippen LogP contribution in [0, 0.1) is 0 Å². The molecule has 0 radical (unpaired) electrons. The highest BCUT2D eigenvalue weighted by atomic mass is 31.2. The Morgan fingerprint density at radius 2 is 0.515 bits per heavy atom.